The molecule has 3 aliphatic heterocycles. The topological polar surface area (TPSA) is 36.1 Å². The van der Waals surface area contributed by atoms with Crippen LogP contribution in [0.2, 0.25) is 0 Å². The van der Waals surface area contributed by atoms with E-state index in [4.69, 9.17) is 0 Å². The van der Waals surface area contributed by atoms with Crippen molar-refractivity contribution in [1.82, 2.24) is 16.0 Å². The molecule has 0 radical (unpaired) electrons. The summed E-state index contributed by atoms with van der Waals surface area (Å²) in [6.07, 6.45) is 0.917. The highest BCUT2D eigenvalue weighted by Gasteiger charge is 2.39. The van der Waals surface area contributed by atoms with Crippen molar-refractivity contribution in [3.05, 3.63) is 0 Å². The van der Waals surface area contributed by atoms with Gasteiger partial charge in [0.2, 0.25) is 0 Å². The average molecular weight is 71.1 g/mol. The van der Waals surface area contributed by atoms with Crippen molar-refractivity contribution in [3.8, 4) is 0 Å². The van der Waals surface area contributed by atoms with Gasteiger partial charge in [-0.25, -0.2) is 0 Å². The highest BCUT2D eigenvalue weighted by molar-refractivity contribution is 4.92. The van der Waals surface area contributed by atoms with Crippen LogP contribution >= 0.6 is 0 Å². The zero-order valence-electron chi connectivity index (χ0n) is 2.65. The first-order chi connectivity index (χ1) is 2.45. The molecule has 3 fully saturated rings. The second-order valence-corrected chi connectivity index (χ2v) is 1.37. The van der Waals surface area contributed by atoms with Crippen molar-refractivity contribution in [1.29, 1.82) is 0 Å². The van der Waals surface area contributed by atoms with Crippen LogP contribution < -0.4 is 16.0 Å². The van der Waals surface area contributed by atoms with Crippen molar-refractivity contribution in [3.63, 3.8) is 0 Å². The Balaban J connectivity index is 2.19. The zero-order valence-corrected chi connectivity index (χ0v) is 2.65. The van der Waals surface area contributed by atoms with Gasteiger partial charge in [-0.15, -0.1) is 0 Å². The van der Waals surface area contributed by atoms with Crippen LogP contribution in [0.4, 0.5) is 0 Å². The number of nitrogens with one attached hydrogen (secondary N) is 3. The number of hydrogen-bond acceptors (Lipinski definition) is 3. The molecular formula is C2H5N3. The zero-order chi connectivity index (χ0) is 3.28. The van der Waals surface area contributed by atoms with Crippen molar-refractivity contribution in [2.75, 3.05) is 0 Å². The van der Waals surface area contributed by atoms with Crippen LogP contribution in [0.1, 0.15) is 0 Å². The molecule has 3 aliphatic rings. The van der Waals surface area contributed by atoms with Gasteiger partial charge < -0.3 is 0 Å². The maximum atomic E-state index is 3.08. The average Bonchev–Trinajstić information content (AvgIpc) is 0.592. The normalized spacial score (nSPS) is 57.6. The summed E-state index contributed by atoms with van der Waals surface area (Å²) in [6, 6.07) is 0. The molecule has 3 heterocycles. The third-order valence-electron chi connectivity index (χ3n) is 1.00. The molecule has 0 aromatic rings. The Morgan fingerprint density at radius 2 is 1.00 bits per heavy atom. The van der Waals surface area contributed by atoms with Gasteiger partial charge >= 0.3 is 0 Å². The third-order valence-corrected chi connectivity index (χ3v) is 1.00. The van der Waals surface area contributed by atoms with E-state index in [9.17, 15) is 0 Å². The Labute approximate surface area is 29.7 Å². The maximum absolute atomic E-state index is 3.08. The molecule has 0 unspecified atom stereocenters. The lowest BCUT2D eigenvalue weighted by molar-refractivity contribution is -0.0118. The molecule has 5 heavy (non-hydrogen) atoms. The molecule has 28 valence electrons. The summed E-state index contributed by atoms with van der Waals surface area (Å²) in [5.41, 5.74) is 0. The first-order valence-electron chi connectivity index (χ1n) is 1.73. The molecule has 3 rings (SSSR count). The Morgan fingerprint density at radius 1 is 0.800 bits per heavy atom. The molecule has 0 atom stereocenters. The lowest BCUT2D eigenvalue weighted by Crippen LogP contribution is -2.92. The third kappa shape index (κ3) is 0.0972. The van der Waals surface area contributed by atoms with E-state index in [-0.39, 0.29) is 0 Å². The number of rotatable bonds is 0. The first-order valence-corrected chi connectivity index (χ1v) is 1.73. The monoisotopic (exact) mass is 71.0 g/mol. The van der Waals surface area contributed by atoms with Crippen LogP contribution in [0, 0.1) is 0 Å². The van der Waals surface area contributed by atoms with Crippen LogP contribution in [0.3, 0.4) is 0 Å². The quantitative estimate of drug-likeness (QED) is 0.320. The van der Waals surface area contributed by atoms with Gasteiger partial charge in [-0.3, -0.25) is 16.0 Å². The molecule has 0 saturated carbocycles. The van der Waals surface area contributed by atoms with Gasteiger partial charge in [-0.2, -0.15) is 0 Å². The summed E-state index contributed by atoms with van der Waals surface area (Å²) in [5, 5.41) is 9.25. The molecule has 3 nitrogen and oxygen atoms in total. The molecule has 0 amide bonds. The Kier molecular flexibility index (Phi) is 0.173. The lowest BCUT2D eigenvalue weighted by atomic mass is 10.4. The molecule has 2 bridgehead atoms. The van der Waals surface area contributed by atoms with E-state index in [1.54, 1.807) is 0 Å². The summed E-state index contributed by atoms with van der Waals surface area (Å²) in [4.78, 5) is 0. The molecule has 3 N–H and O–H groups in total. The van der Waals surface area contributed by atoms with Crippen molar-refractivity contribution in [2.24, 2.45) is 0 Å². The predicted octanol–water partition coefficient (Wildman–Crippen LogP) is -1.65. The van der Waals surface area contributed by atoms with E-state index >= 15 is 0 Å². The molecule has 0 aromatic carbocycles. The Morgan fingerprint density at radius 3 is 1.00 bits per heavy atom. The minimum absolute atomic E-state index is 0.458. The van der Waals surface area contributed by atoms with Gasteiger partial charge in [0.1, 0.15) is 12.6 Å². The highest BCUT2D eigenvalue weighted by Crippen LogP contribution is 2.01. The summed E-state index contributed by atoms with van der Waals surface area (Å²) in [5.74, 6) is 0. The minimum Gasteiger partial charge on any atom is -0.261 e. The Hall–Kier alpha value is -0.120. The van der Waals surface area contributed by atoms with Crippen LogP contribution in [-0.4, -0.2) is 12.6 Å². The van der Waals surface area contributed by atoms with Gasteiger partial charge in [-0.05, 0) is 0 Å². The fourth-order valence-corrected chi connectivity index (χ4v) is 0.500. The first kappa shape index (κ1) is 2.12. The predicted molar refractivity (Wildman–Crippen MR) is 17.0 cm³/mol. The second kappa shape index (κ2) is 0.408. The SMILES string of the molecule is N1C2NC1N2. The summed E-state index contributed by atoms with van der Waals surface area (Å²) in [6.45, 7) is 0. The van der Waals surface area contributed by atoms with E-state index in [1.165, 1.54) is 0 Å². The summed E-state index contributed by atoms with van der Waals surface area (Å²) < 4.78 is 0. The van der Waals surface area contributed by atoms with Crippen molar-refractivity contribution >= 4 is 0 Å². The van der Waals surface area contributed by atoms with E-state index in [2.05, 4.69) is 16.0 Å². The molecule has 0 spiro atoms. The van der Waals surface area contributed by atoms with E-state index in [0.717, 1.165) is 0 Å². The van der Waals surface area contributed by atoms with Gasteiger partial charge in [0, 0.05) is 0 Å². The van der Waals surface area contributed by atoms with Crippen LogP contribution in [0.15, 0.2) is 0 Å². The van der Waals surface area contributed by atoms with Gasteiger partial charge in [0.25, 0.3) is 0 Å². The van der Waals surface area contributed by atoms with Crippen LogP contribution in [0.5, 0.6) is 0 Å². The van der Waals surface area contributed by atoms with Crippen molar-refractivity contribution < 1.29 is 0 Å². The fraction of sp³-hybridized carbons (Fsp3) is 1.00. The molecular weight excluding hydrogens is 66.0 g/mol. The van der Waals surface area contributed by atoms with Crippen molar-refractivity contribution in [2.45, 2.75) is 12.6 Å². The Bertz CT molecular complexity index is 41.6. The van der Waals surface area contributed by atoms with E-state index in [0.29, 0.717) is 12.6 Å². The summed E-state index contributed by atoms with van der Waals surface area (Å²) >= 11 is 0. The van der Waals surface area contributed by atoms with E-state index < -0.39 is 0 Å². The molecule has 3 heteroatoms. The molecule has 0 aromatic heterocycles. The number of hydrogen-bond donors (Lipinski definition) is 3. The second-order valence-electron chi connectivity index (χ2n) is 1.37. The van der Waals surface area contributed by atoms with Gasteiger partial charge in [-0.1, -0.05) is 0 Å². The van der Waals surface area contributed by atoms with E-state index in [1.807, 2.05) is 0 Å². The van der Waals surface area contributed by atoms with Crippen LogP contribution in [0.25, 0.3) is 0 Å². The minimum atomic E-state index is 0.458. The molecule has 3 saturated heterocycles. The standard InChI is InChI=1S/C2H5N3/c3-1-4-2(3)5-1/h1-5H. The largest absolute Gasteiger partial charge is 0.261 e. The smallest absolute Gasteiger partial charge is 0.118 e. The lowest BCUT2D eigenvalue weighted by Gasteiger charge is -2.53. The summed E-state index contributed by atoms with van der Waals surface area (Å²) in [7, 11) is 0. The van der Waals surface area contributed by atoms with Gasteiger partial charge in [0.15, 0.2) is 0 Å². The molecule has 0 aliphatic carbocycles. The van der Waals surface area contributed by atoms with Crippen LogP contribution in [-0.2, 0) is 0 Å². The highest BCUT2D eigenvalue weighted by atomic mass is 15.7. The maximum Gasteiger partial charge on any atom is 0.118 e. The fourth-order valence-electron chi connectivity index (χ4n) is 0.500. The van der Waals surface area contributed by atoms with Gasteiger partial charge in [0.05, 0.1) is 0 Å².